The first-order valence-electron chi connectivity index (χ1n) is 11.0. The van der Waals surface area contributed by atoms with Crippen LogP contribution in [0.25, 0.3) is 10.9 Å². The van der Waals surface area contributed by atoms with Crippen LogP contribution in [0, 0.1) is 11.6 Å². The second-order valence-electron chi connectivity index (χ2n) is 6.75. The van der Waals surface area contributed by atoms with E-state index in [1.54, 1.807) is 0 Å². The molecule has 0 aliphatic rings. The van der Waals surface area contributed by atoms with Gasteiger partial charge in [0, 0.05) is 13.7 Å². The molecule has 0 radical (unpaired) electrons. The molecule has 0 spiro atoms. The molecule has 5 nitrogen and oxygen atoms in total. The van der Waals surface area contributed by atoms with Crippen molar-refractivity contribution in [2.75, 3.05) is 19.0 Å². The van der Waals surface area contributed by atoms with Crippen LogP contribution >= 0.6 is 0 Å². The van der Waals surface area contributed by atoms with E-state index in [2.05, 4.69) is 21.9 Å². The van der Waals surface area contributed by atoms with Crippen molar-refractivity contribution >= 4 is 16.7 Å². The highest BCUT2D eigenvalue weighted by molar-refractivity contribution is 5.89. The number of halogens is 2. The number of anilines is 1. The smallest absolute Gasteiger partial charge is 0.149 e. The lowest BCUT2D eigenvalue weighted by atomic mass is 10.1. The van der Waals surface area contributed by atoms with Crippen LogP contribution < -0.4 is 10.1 Å². The van der Waals surface area contributed by atoms with Crippen molar-refractivity contribution in [1.29, 1.82) is 0 Å². The van der Waals surface area contributed by atoms with Crippen molar-refractivity contribution < 1.29 is 18.6 Å². The molecule has 0 bridgehead atoms. The quantitative estimate of drug-likeness (QED) is 0.287. The third kappa shape index (κ3) is 8.41. The van der Waals surface area contributed by atoms with Crippen molar-refractivity contribution in [1.82, 2.24) is 9.97 Å². The van der Waals surface area contributed by atoms with Gasteiger partial charge in [0.25, 0.3) is 0 Å². The van der Waals surface area contributed by atoms with Gasteiger partial charge in [-0.25, -0.2) is 18.7 Å². The number of rotatable bonds is 8. The van der Waals surface area contributed by atoms with Gasteiger partial charge >= 0.3 is 0 Å². The molecular formula is C27H33F2N3O2. The van der Waals surface area contributed by atoms with Gasteiger partial charge in [-0.3, -0.25) is 0 Å². The molecule has 0 aliphatic carbocycles. The predicted octanol–water partition coefficient (Wildman–Crippen LogP) is 6.61. The highest BCUT2D eigenvalue weighted by Gasteiger charge is 2.12. The van der Waals surface area contributed by atoms with Crippen molar-refractivity contribution in [3.05, 3.63) is 96.1 Å². The summed E-state index contributed by atoms with van der Waals surface area (Å²) >= 11 is 0. The Morgan fingerprint density at radius 1 is 1.06 bits per heavy atom. The third-order valence-electron chi connectivity index (χ3n) is 4.38. The van der Waals surface area contributed by atoms with Crippen LogP contribution in [-0.2, 0) is 6.42 Å². The summed E-state index contributed by atoms with van der Waals surface area (Å²) in [5.74, 6) is 0.391. The fourth-order valence-corrected chi connectivity index (χ4v) is 3.03. The largest absolute Gasteiger partial charge is 0.458 e. The molecule has 182 valence electrons. The van der Waals surface area contributed by atoms with Gasteiger partial charge in [-0.05, 0) is 61.7 Å². The highest BCUT2D eigenvalue weighted by Crippen LogP contribution is 2.24. The molecule has 2 aromatic carbocycles. The minimum atomic E-state index is -0.579. The summed E-state index contributed by atoms with van der Waals surface area (Å²) in [4.78, 5) is 7.89. The predicted molar refractivity (Wildman–Crippen MR) is 136 cm³/mol. The van der Waals surface area contributed by atoms with Gasteiger partial charge in [-0.15, -0.1) is 0 Å². The normalized spacial score (nSPS) is 10.8. The lowest BCUT2D eigenvalue weighted by Crippen LogP contribution is -2.08. The Kier molecular flexibility index (Phi) is 12.8. The Morgan fingerprint density at radius 2 is 1.71 bits per heavy atom. The van der Waals surface area contributed by atoms with E-state index in [1.165, 1.54) is 6.33 Å². The van der Waals surface area contributed by atoms with Crippen molar-refractivity contribution in [2.24, 2.45) is 0 Å². The lowest BCUT2D eigenvalue weighted by Gasteiger charge is -2.10. The number of fused-ring (bicyclic) bond motifs is 1. The summed E-state index contributed by atoms with van der Waals surface area (Å²) in [5, 5.41) is 10.1. The van der Waals surface area contributed by atoms with Crippen LogP contribution in [0.4, 0.5) is 14.6 Å². The maximum absolute atomic E-state index is 14.1. The number of nitrogens with zero attached hydrogens (tertiary/aromatic N) is 2. The lowest BCUT2D eigenvalue weighted by molar-refractivity contribution is 0.399. The highest BCUT2D eigenvalue weighted by atomic mass is 19.1. The molecule has 0 saturated heterocycles. The minimum absolute atomic E-state index is 0.0343. The average molecular weight is 470 g/mol. The summed E-state index contributed by atoms with van der Waals surface area (Å²) in [7, 11) is 1.00. The molecule has 0 amide bonds. The summed E-state index contributed by atoms with van der Waals surface area (Å²) in [6.45, 7) is 12.3. The Morgan fingerprint density at radius 3 is 2.35 bits per heavy atom. The Labute approximate surface area is 200 Å². The van der Waals surface area contributed by atoms with E-state index in [0.29, 0.717) is 24.5 Å². The van der Waals surface area contributed by atoms with Crippen molar-refractivity contribution in [3.63, 3.8) is 0 Å². The zero-order valence-electron chi connectivity index (χ0n) is 20.4. The molecule has 0 fully saturated rings. The van der Waals surface area contributed by atoms with Gasteiger partial charge < -0.3 is 15.2 Å². The maximum atomic E-state index is 14.1. The molecule has 0 atom stereocenters. The Hall–Kier alpha value is -3.58. The van der Waals surface area contributed by atoms with Crippen LogP contribution in [0.1, 0.15) is 33.3 Å². The second kappa shape index (κ2) is 15.3. The number of hydrogen-bond donors (Lipinski definition) is 2. The second-order valence-corrected chi connectivity index (χ2v) is 6.75. The zero-order chi connectivity index (χ0) is 25.5. The van der Waals surface area contributed by atoms with Crippen LogP contribution in [0.15, 0.2) is 78.9 Å². The number of aromatic nitrogens is 2. The average Bonchev–Trinajstić information content (AvgIpc) is 2.85. The zero-order valence-corrected chi connectivity index (χ0v) is 20.4. The van der Waals surface area contributed by atoms with E-state index < -0.39 is 11.6 Å². The van der Waals surface area contributed by atoms with E-state index in [-0.39, 0.29) is 16.7 Å². The summed E-state index contributed by atoms with van der Waals surface area (Å²) in [5.41, 5.74) is 2.08. The molecule has 1 aromatic heterocycles. The molecular weight excluding hydrogens is 436 g/mol. The number of ether oxygens (including phenoxy) is 1. The maximum Gasteiger partial charge on any atom is 0.149 e. The first-order valence-corrected chi connectivity index (χ1v) is 11.0. The number of hydrogen-bond acceptors (Lipinski definition) is 5. The number of allylic oxidation sites excluding steroid dienone is 4. The van der Waals surface area contributed by atoms with Gasteiger partial charge in [0.15, 0.2) is 0 Å². The number of benzene rings is 2. The number of aliphatic hydroxyl groups is 1. The summed E-state index contributed by atoms with van der Waals surface area (Å²) in [6.07, 6.45) is 7.69. The van der Waals surface area contributed by atoms with Crippen molar-refractivity contribution in [2.45, 2.75) is 34.1 Å². The molecule has 0 saturated carbocycles. The third-order valence-corrected chi connectivity index (χ3v) is 4.38. The molecule has 0 unspecified atom stereocenters. The van der Waals surface area contributed by atoms with Crippen LogP contribution in [-0.4, -0.2) is 28.7 Å². The Balaban J connectivity index is 0.00000137. The topological polar surface area (TPSA) is 67.3 Å². The van der Waals surface area contributed by atoms with E-state index in [0.717, 1.165) is 30.4 Å². The molecule has 3 aromatic rings. The van der Waals surface area contributed by atoms with Gasteiger partial charge in [0.05, 0.1) is 5.39 Å². The fraction of sp³-hybridized carbons (Fsp3) is 0.259. The van der Waals surface area contributed by atoms with Gasteiger partial charge in [-0.1, -0.05) is 44.7 Å². The summed E-state index contributed by atoms with van der Waals surface area (Å²) < 4.78 is 33.7. The van der Waals surface area contributed by atoms with E-state index in [4.69, 9.17) is 9.84 Å². The van der Waals surface area contributed by atoms with E-state index in [1.807, 2.05) is 70.2 Å². The van der Waals surface area contributed by atoms with Gasteiger partial charge in [0.1, 0.15) is 40.8 Å². The summed E-state index contributed by atoms with van der Waals surface area (Å²) in [6, 6.07) is 9.78. The standard InChI is InChI=1S/C24H23F2N3O.C2H6.CH4O/c1-4-5-16(2)14-17(3)30-19-8-6-18(7-9-19)12-13-27-24-22-20(25)10-11-21(26)23(22)28-15-29-24;2*1-2/h4-11,14-15H,3,12-13H2,1-2H3,(H,27,28,29);1-2H3;2H,1H3/b5-4-,16-14-;;. The van der Waals surface area contributed by atoms with Gasteiger partial charge in [0.2, 0.25) is 0 Å². The number of nitrogens with one attached hydrogen (secondary N) is 1. The molecule has 7 heteroatoms. The first-order chi connectivity index (χ1) is 16.5. The molecule has 1 heterocycles. The molecule has 3 rings (SSSR count). The molecule has 0 aliphatic heterocycles. The van der Waals surface area contributed by atoms with E-state index in [9.17, 15) is 8.78 Å². The SMILES string of the molecule is C=C(/C=C(C)\C=C/C)Oc1ccc(CCNc2ncnc3c(F)ccc(F)c23)cc1.CC.CO. The van der Waals surface area contributed by atoms with Crippen LogP contribution in [0.2, 0.25) is 0 Å². The van der Waals surface area contributed by atoms with Crippen LogP contribution in [0.3, 0.4) is 0 Å². The van der Waals surface area contributed by atoms with Crippen LogP contribution in [0.5, 0.6) is 5.75 Å². The first kappa shape index (κ1) is 28.5. The van der Waals surface area contributed by atoms with Gasteiger partial charge in [-0.2, -0.15) is 0 Å². The Bertz CT molecular complexity index is 1110. The molecule has 34 heavy (non-hydrogen) atoms. The monoisotopic (exact) mass is 469 g/mol. The van der Waals surface area contributed by atoms with E-state index >= 15 is 0 Å². The van der Waals surface area contributed by atoms with Crippen molar-refractivity contribution in [3.8, 4) is 5.75 Å². The fourth-order valence-electron chi connectivity index (χ4n) is 3.03. The molecule has 2 N–H and O–H groups in total. The number of aliphatic hydroxyl groups excluding tert-OH is 1. The minimum Gasteiger partial charge on any atom is -0.458 e.